The lowest BCUT2D eigenvalue weighted by atomic mass is 10.1. The molecule has 0 heterocycles. The minimum atomic E-state index is 1.01. The average molecular weight is 459 g/mol. The number of hydrogen-bond donors (Lipinski definition) is 3. The summed E-state index contributed by atoms with van der Waals surface area (Å²) in [7, 11) is 0. The number of nitrogens with one attached hydrogen (secondary N) is 3. The molecule has 4 heteroatoms. The number of anilines is 6. The van der Waals surface area contributed by atoms with E-state index in [1.54, 1.807) is 0 Å². The predicted octanol–water partition coefficient (Wildman–Crippen LogP) is 8.79. The van der Waals surface area contributed by atoms with E-state index in [-0.39, 0.29) is 0 Å². The van der Waals surface area contributed by atoms with Crippen LogP contribution in [0, 0.1) is 0 Å². The summed E-state index contributed by atoms with van der Waals surface area (Å²) in [6, 6.07) is 26.3. The summed E-state index contributed by atoms with van der Waals surface area (Å²) in [6.45, 7) is 9.70. The Kier molecular flexibility index (Phi) is 10.6. The predicted molar refractivity (Wildman–Crippen MR) is 151 cm³/mol. The summed E-state index contributed by atoms with van der Waals surface area (Å²) in [5.41, 5.74) is 6.97. The molecule has 0 amide bonds. The van der Waals surface area contributed by atoms with Crippen molar-refractivity contribution in [2.24, 2.45) is 0 Å². The van der Waals surface area contributed by atoms with Crippen molar-refractivity contribution in [3.05, 3.63) is 72.8 Å². The highest BCUT2D eigenvalue weighted by molar-refractivity contribution is 5.78. The van der Waals surface area contributed by atoms with Gasteiger partial charge in [-0.05, 0) is 92.1 Å². The minimum absolute atomic E-state index is 1.01. The summed E-state index contributed by atoms with van der Waals surface area (Å²) < 4.78 is 0. The number of hydrogen-bond acceptors (Lipinski definition) is 4. The highest BCUT2D eigenvalue weighted by Gasteiger charge is 2.13. The highest BCUT2D eigenvalue weighted by Crippen LogP contribution is 2.36. The molecule has 3 aromatic rings. The molecule has 0 bridgehead atoms. The minimum Gasteiger partial charge on any atom is -0.385 e. The second kappa shape index (κ2) is 14.2. The van der Waals surface area contributed by atoms with Crippen LogP contribution >= 0.6 is 0 Å². The first-order chi connectivity index (χ1) is 16.7. The van der Waals surface area contributed by atoms with E-state index in [0.717, 1.165) is 36.7 Å². The van der Waals surface area contributed by atoms with Crippen LogP contribution in [0.3, 0.4) is 0 Å². The SMILES string of the molecule is CCCCNc1ccc(N(c2ccc(NCCCC)cc2)c2ccc(NCCCC)cc2)cc1. The highest BCUT2D eigenvalue weighted by atomic mass is 15.1. The van der Waals surface area contributed by atoms with Crippen molar-refractivity contribution < 1.29 is 0 Å². The van der Waals surface area contributed by atoms with E-state index in [0.29, 0.717) is 0 Å². The van der Waals surface area contributed by atoms with Gasteiger partial charge in [0.25, 0.3) is 0 Å². The Morgan fingerprint density at radius 1 is 0.441 bits per heavy atom. The second-order valence-corrected chi connectivity index (χ2v) is 8.82. The van der Waals surface area contributed by atoms with Gasteiger partial charge in [0.05, 0.1) is 0 Å². The molecule has 0 atom stereocenters. The van der Waals surface area contributed by atoms with Gasteiger partial charge in [-0.3, -0.25) is 0 Å². The molecule has 34 heavy (non-hydrogen) atoms. The van der Waals surface area contributed by atoms with Gasteiger partial charge in [-0.1, -0.05) is 40.0 Å². The van der Waals surface area contributed by atoms with Crippen molar-refractivity contribution in [1.82, 2.24) is 0 Å². The largest absolute Gasteiger partial charge is 0.385 e. The Morgan fingerprint density at radius 2 is 0.706 bits per heavy atom. The van der Waals surface area contributed by atoms with Crippen LogP contribution in [-0.2, 0) is 0 Å². The zero-order valence-electron chi connectivity index (χ0n) is 21.2. The molecule has 3 N–H and O–H groups in total. The van der Waals surface area contributed by atoms with Crippen LogP contribution in [0.15, 0.2) is 72.8 Å². The molecule has 3 aromatic carbocycles. The Morgan fingerprint density at radius 3 is 0.941 bits per heavy atom. The van der Waals surface area contributed by atoms with Crippen LogP contribution in [0.4, 0.5) is 34.1 Å². The standard InChI is InChI=1S/C30H42N4/c1-4-7-22-31-25-10-16-28(17-11-25)34(29-18-12-26(13-19-29)32-23-8-5-2)30-20-14-27(15-21-30)33-24-9-6-3/h10-21,31-33H,4-9,22-24H2,1-3H3. The fourth-order valence-electron chi connectivity index (χ4n) is 3.86. The van der Waals surface area contributed by atoms with Gasteiger partial charge in [0.1, 0.15) is 0 Å². The van der Waals surface area contributed by atoms with Crippen LogP contribution in [0.2, 0.25) is 0 Å². The van der Waals surface area contributed by atoms with Crippen LogP contribution in [0.25, 0.3) is 0 Å². The van der Waals surface area contributed by atoms with Crippen LogP contribution in [0.5, 0.6) is 0 Å². The Labute approximate surface area is 206 Å². The third-order valence-electron chi connectivity index (χ3n) is 5.95. The summed E-state index contributed by atoms with van der Waals surface area (Å²) in [5.74, 6) is 0. The number of benzene rings is 3. The number of rotatable bonds is 15. The van der Waals surface area contributed by atoms with Crippen molar-refractivity contribution in [2.45, 2.75) is 59.3 Å². The lowest BCUT2D eigenvalue weighted by Crippen LogP contribution is -2.11. The molecular formula is C30H42N4. The molecule has 0 aromatic heterocycles. The molecule has 0 aliphatic rings. The quantitative estimate of drug-likeness (QED) is 0.199. The van der Waals surface area contributed by atoms with E-state index in [1.165, 1.54) is 55.6 Å². The molecule has 0 fully saturated rings. The van der Waals surface area contributed by atoms with E-state index in [2.05, 4.69) is 114 Å². The van der Waals surface area contributed by atoms with Crippen LogP contribution in [0.1, 0.15) is 59.3 Å². The van der Waals surface area contributed by atoms with E-state index < -0.39 is 0 Å². The monoisotopic (exact) mass is 458 g/mol. The van der Waals surface area contributed by atoms with Crippen LogP contribution in [-0.4, -0.2) is 19.6 Å². The van der Waals surface area contributed by atoms with Gasteiger partial charge in [0.15, 0.2) is 0 Å². The topological polar surface area (TPSA) is 39.3 Å². The van der Waals surface area contributed by atoms with Crippen LogP contribution < -0.4 is 20.9 Å². The number of unbranched alkanes of at least 4 members (excludes halogenated alkanes) is 3. The number of nitrogens with zero attached hydrogens (tertiary/aromatic N) is 1. The molecule has 0 aliphatic heterocycles. The van der Waals surface area contributed by atoms with Gasteiger partial charge in [-0.15, -0.1) is 0 Å². The van der Waals surface area contributed by atoms with Gasteiger partial charge in [-0.2, -0.15) is 0 Å². The first-order valence-electron chi connectivity index (χ1n) is 13.1. The third-order valence-corrected chi connectivity index (χ3v) is 5.95. The zero-order chi connectivity index (χ0) is 24.0. The van der Waals surface area contributed by atoms with Gasteiger partial charge < -0.3 is 20.9 Å². The summed E-state index contributed by atoms with van der Waals surface area (Å²) in [5, 5.41) is 10.6. The molecule has 0 radical (unpaired) electrons. The lowest BCUT2D eigenvalue weighted by Gasteiger charge is -2.26. The molecule has 0 saturated heterocycles. The normalized spacial score (nSPS) is 10.7. The van der Waals surface area contributed by atoms with Crippen molar-refractivity contribution in [1.29, 1.82) is 0 Å². The van der Waals surface area contributed by atoms with Crippen molar-refractivity contribution in [3.8, 4) is 0 Å². The van der Waals surface area contributed by atoms with E-state index in [9.17, 15) is 0 Å². The Bertz CT molecular complexity index is 806. The molecule has 0 unspecified atom stereocenters. The maximum Gasteiger partial charge on any atom is 0.0463 e. The van der Waals surface area contributed by atoms with Gasteiger partial charge in [0.2, 0.25) is 0 Å². The fourth-order valence-corrected chi connectivity index (χ4v) is 3.86. The second-order valence-electron chi connectivity index (χ2n) is 8.82. The Balaban J connectivity index is 1.83. The maximum absolute atomic E-state index is 3.52. The average Bonchev–Trinajstić information content (AvgIpc) is 2.87. The maximum atomic E-state index is 3.52. The van der Waals surface area contributed by atoms with Gasteiger partial charge in [0, 0.05) is 53.8 Å². The molecular weight excluding hydrogens is 416 g/mol. The van der Waals surface area contributed by atoms with Crippen molar-refractivity contribution in [3.63, 3.8) is 0 Å². The third kappa shape index (κ3) is 7.72. The molecule has 0 spiro atoms. The van der Waals surface area contributed by atoms with Crippen molar-refractivity contribution >= 4 is 34.1 Å². The van der Waals surface area contributed by atoms with Gasteiger partial charge >= 0.3 is 0 Å². The zero-order valence-corrected chi connectivity index (χ0v) is 21.2. The molecule has 3 rings (SSSR count). The lowest BCUT2D eigenvalue weighted by molar-refractivity contribution is 0.834. The Hall–Kier alpha value is -3.14. The molecule has 0 saturated carbocycles. The van der Waals surface area contributed by atoms with Crippen molar-refractivity contribution in [2.75, 3.05) is 40.5 Å². The van der Waals surface area contributed by atoms with Gasteiger partial charge in [-0.25, -0.2) is 0 Å². The summed E-state index contributed by atoms with van der Waals surface area (Å²) >= 11 is 0. The smallest absolute Gasteiger partial charge is 0.0463 e. The molecule has 4 nitrogen and oxygen atoms in total. The van der Waals surface area contributed by atoms with E-state index >= 15 is 0 Å². The van der Waals surface area contributed by atoms with E-state index in [1.807, 2.05) is 0 Å². The first kappa shape index (κ1) is 25.5. The fraction of sp³-hybridized carbons (Fsp3) is 0.400. The van der Waals surface area contributed by atoms with E-state index in [4.69, 9.17) is 0 Å². The molecule has 0 aliphatic carbocycles. The summed E-state index contributed by atoms with van der Waals surface area (Å²) in [4.78, 5) is 2.32. The molecule has 182 valence electrons. The summed E-state index contributed by atoms with van der Waals surface area (Å²) in [6.07, 6.45) is 7.16. The first-order valence-corrected chi connectivity index (χ1v) is 13.1.